The number of benzene rings is 2. The average Bonchev–Trinajstić information content (AvgIpc) is 2.42. The van der Waals surface area contributed by atoms with Gasteiger partial charge in [0, 0.05) is 17.1 Å². The van der Waals surface area contributed by atoms with Crippen molar-refractivity contribution in [3.05, 3.63) is 68.1 Å². The molecule has 0 aliphatic carbocycles. The van der Waals surface area contributed by atoms with Crippen LogP contribution in [0.25, 0.3) is 0 Å². The van der Waals surface area contributed by atoms with Crippen molar-refractivity contribution in [1.29, 1.82) is 0 Å². The molecule has 0 heterocycles. The molecule has 1 unspecified atom stereocenters. The van der Waals surface area contributed by atoms with Crippen LogP contribution >= 0.6 is 31.9 Å². The number of hydrogen-bond donors (Lipinski definition) is 1. The normalized spacial score (nSPS) is 12.4. The maximum absolute atomic E-state index is 13.2. The summed E-state index contributed by atoms with van der Waals surface area (Å²) in [6.45, 7) is 2.50. The van der Waals surface area contributed by atoms with Gasteiger partial charge in [-0.3, -0.25) is 0 Å². The first-order valence-electron chi connectivity index (χ1n) is 6.09. The van der Waals surface area contributed by atoms with Gasteiger partial charge < -0.3 is 5.32 Å². The van der Waals surface area contributed by atoms with Crippen molar-refractivity contribution in [1.82, 2.24) is 5.32 Å². The van der Waals surface area contributed by atoms with E-state index in [4.69, 9.17) is 0 Å². The Kier molecular flexibility index (Phi) is 5.29. The minimum absolute atomic E-state index is 0.0297. The third-order valence-corrected chi connectivity index (χ3v) is 4.43. The van der Waals surface area contributed by atoms with Gasteiger partial charge in [-0.1, -0.05) is 22.0 Å². The molecule has 0 saturated heterocycles. The average molecular weight is 405 g/mol. The highest BCUT2D eigenvalue weighted by molar-refractivity contribution is 9.10. The maximum atomic E-state index is 13.2. The summed E-state index contributed by atoms with van der Waals surface area (Å²) in [4.78, 5) is 0. The van der Waals surface area contributed by atoms with Crippen molar-refractivity contribution >= 4 is 31.9 Å². The van der Waals surface area contributed by atoms with Crippen molar-refractivity contribution < 1.29 is 8.78 Å². The molecule has 5 heteroatoms. The molecular weight excluding hydrogens is 392 g/mol. The fourth-order valence-corrected chi connectivity index (χ4v) is 2.62. The monoisotopic (exact) mass is 403 g/mol. The van der Waals surface area contributed by atoms with Crippen LogP contribution in [0.15, 0.2) is 45.3 Å². The van der Waals surface area contributed by atoms with E-state index in [0.29, 0.717) is 11.0 Å². The van der Waals surface area contributed by atoms with Gasteiger partial charge in [-0.15, -0.1) is 0 Å². The minimum atomic E-state index is -0.283. The Balaban J connectivity index is 2.06. The number of hydrogen-bond acceptors (Lipinski definition) is 1. The fourth-order valence-electron chi connectivity index (χ4n) is 1.84. The highest BCUT2D eigenvalue weighted by Crippen LogP contribution is 2.23. The molecule has 0 fully saturated rings. The lowest BCUT2D eigenvalue weighted by Crippen LogP contribution is -2.18. The van der Waals surface area contributed by atoms with Gasteiger partial charge in [0.1, 0.15) is 11.6 Å². The van der Waals surface area contributed by atoms with E-state index in [1.807, 2.05) is 6.92 Å². The largest absolute Gasteiger partial charge is 0.306 e. The summed E-state index contributed by atoms with van der Waals surface area (Å²) in [5.41, 5.74) is 1.81. The molecule has 1 N–H and O–H groups in total. The van der Waals surface area contributed by atoms with E-state index in [1.165, 1.54) is 18.2 Å². The SMILES string of the molecule is CC(NCc1cc(F)ccc1Br)c1ccc(F)c(Br)c1. The van der Waals surface area contributed by atoms with Gasteiger partial charge in [-0.05, 0) is 64.3 Å². The van der Waals surface area contributed by atoms with Crippen LogP contribution in [-0.2, 0) is 6.54 Å². The lowest BCUT2D eigenvalue weighted by molar-refractivity contribution is 0.564. The molecule has 106 valence electrons. The molecule has 0 amide bonds. The molecule has 0 bridgehead atoms. The highest BCUT2D eigenvalue weighted by atomic mass is 79.9. The van der Waals surface area contributed by atoms with E-state index < -0.39 is 0 Å². The van der Waals surface area contributed by atoms with Gasteiger partial charge in [0.2, 0.25) is 0 Å². The molecule has 0 aliphatic rings. The van der Waals surface area contributed by atoms with Crippen LogP contribution in [0.1, 0.15) is 24.1 Å². The molecule has 0 aromatic heterocycles. The predicted octanol–water partition coefficient (Wildman–Crippen LogP) is 5.34. The summed E-state index contributed by atoms with van der Waals surface area (Å²) >= 11 is 6.57. The van der Waals surface area contributed by atoms with Crippen LogP contribution in [0.3, 0.4) is 0 Å². The summed E-state index contributed by atoms with van der Waals surface area (Å²) in [6.07, 6.45) is 0. The van der Waals surface area contributed by atoms with Crippen LogP contribution in [0.5, 0.6) is 0 Å². The zero-order valence-electron chi connectivity index (χ0n) is 10.8. The van der Waals surface area contributed by atoms with E-state index >= 15 is 0 Å². The van der Waals surface area contributed by atoms with E-state index in [1.54, 1.807) is 18.2 Å². The maximum Gasteiger partial charge on any atom is 0.137 e. The zero-order chi connectivity index (χ0) is 14.7. The number of nitrogens with one attached hydrogen (secondary N) is 1. The van der Waals surface area contributed by atoms with Crippen molar-refractivity contribution in [3.8, 4) is 0 Å². The third kappa shape index (κ3) is 3.87. The molecule has 2 aromatic carbocycles. The Morgan fingerprint density at radius 1 is 1.05 bits per heavy atom. The topological polar surface area (TPSA) is 12.0 Å². The molecular formula is C15H13Br2F2N. The van der Waals surface area contributed by atoms with Crippen molar-refractivity contribution in [2.45, 2.75) is 19.5 Å². The van der Waals surface area contributed by atoms with Crippen LogP contribution in [0.2, 0.25) is 0 Å². The summed E-state index contributed by atoms with van der Waals surface area (Å²) < 4.78 is 27.7. The second kappa shape index (κ2) is 6.78. The Labute approximate surface area is 133 Å². The van der Waals surface area contributed by atoms with Crippen molar-refractivity contribution in [3.63, 3.8) is 0 Å². The first kappa shape index (κ1) is 15.6. The lowest BCUT2D eigenvalue weighted by atomic mass is 10.1. The zero-order valence-corrected chi connectivity index (χ0v) is 13.9. The molecule has 1 atom stereocenters. The lowest BCUT2D eigenvalue weighted by Gasteiger charge is -2.15. The predicted molar refractivity (Wildman–Crippen MR) is 83.5 cm³/mol. The van der Waals surface area contributed by atoms with E-state index in [0.717, 1.165) is 15.6 Å². The second-order valence-electron chi connectivity index (χ2n) is 4.51. The molecule has 0 radical (unpaired) electrons. The summed E-state index contributed by atoms with van der Waals surface area (Å²) in [7, 11) is 0. The van der Waals surface area contributed by atoms with Crippen LogP contribution in [-0.4, -0.2) is 0 Å². The van der Waals surface area contributed by atoms with Gasteiger partial charge in [0.05, 0.1) is 4.47 Å². The summed E-state index contributed by atoms with van der Waals surface area (Å²) in [5.74, 6) is -0.545. The molecule has 0 aliphatic heterocycles. The van der Waals surface area contributed by atoms with Crippen LogP contribution in [0.4, 0.5) is 8.78 Å². The summed E-state index contributed by atoms with van der Waals surface area (Å²) in [5, 5.41) is 3.29. The van der Waals surface area contributed by atoms with Crippen molar-refractivity contribution in [2.24, 2.45) is 0 Å². The second-order valence-corrected chi connectivity index (χ2v) is 6.22. The molecule has 1 nitrogen and oxygen atoms in total. The van der Waals surface area contributed by atoms with Gasteiger partial charge in [-0.2, -0.15) is 0 Å². The standard InChI is InChI=1S/C15H13Br2F2N/c1-9(10-2-5-15(19)14(17)7-10)20-8-11-6-12(18)3-4-13(11)16/h2-7,9,20H,8H2,1H3. The molecule has 2 rings (SSSR count). The number of rotatable bonds is 4. The fraction of sp³-hybridized carbons (Fsp3) is 0.200. The van der Waals surface area contributed by atoms with E-state index in [2.05, 4.69) is 37.2 Å². The first-order valence-corrected chi connectivity index (χ1v) is 7.68. The third-order valence-electron chi connectivity index (χ3n) is 3.05. The number of halogens is 4. The van der Waals surface area contributed by atoms with E-state index in [-0.39, 0.29) is 17.7 Å². The van der Waals surface area contributed by atoms with Crippen LogP contribution < -0.4 is 5.32 Å². The molecule has 2 aromatic rings. The van der Waals surface area contributed by atoms with E-state index in [9.17, 15) is 8.78 Å². The van der Waals surface area contributed by atoms with Gasteiger partial charge >= 0.3 is 0 Å². The smallest absolute Gasteiger partial charge is 0.137 e. The van der Waals surface area contributed by atoms with Gasteiger partial charge in [0.25, 0.3) is 0 Å². The van der Waals surface area contributed by atoms with Crippen LogP contribution in [0, 0.1) is 11.6 Å². The Morgan fingerprint density at radius 2 is 1.80 bits per heavy atom. The highest BCUT2D eigenvalue weighted by Gasteiger charge is 2.09. The Bertz CT molecular complexity index is 617. The molecule has 0 spiro atoms. The summed E-state index contributed by atoms with van der Waals surface area (Å²) in [6, 6.07) is 9.52. The van der Waals surface area contributed by atoms with Crippen molar-refractivity contribution in [2.75, 3.05) is 0 Å². The minimum Gasteiger partial charge on any atom is -0.306 e. The molecule has 0 saturated carbocycles. The first-order chi connectivity index (χ1) is 9.47. The molecule has 20 heavy (non-hydrogen) atoms. The Hall–Kier alpha value is -0.780. The van der Waals surface area contributed by atoms with Gasteiger partial charge in [-0.25, -0.2) is 8.78 Å². The Morgan fingerprint density at radius 3 is 2.50 bits per heavy atom. The van der Waals surface area contributed by atoms with Gasteiger partial charge in [0.15, 0.2) is 0 Å². The quantitative estimate of drug-likeness (QED) is 0.725.